The number of hydrogen-bond acceptors (Lipinski definition) is 6. The molecule has 1 aliphatic heterocycles. The topological polar surface area (TPSA) is 88.0 Å². The molecule has 0 saturated carbocycles. The van der Waals surface area contributed by atoms with Crippen molar-refractivity contribution in [1.82, 2.24) is 10.2 Å². The Morgan fingerprint density at radius 2 is 2.04 bits per heavy atom. The number of ether oxygens (including phenoxy) is 1. The van der Waals surface area contributed by atoms with Crippen LogP contribution in [0, 0.1) is 10.1 Å². The Balaban J connectivity index is 2.09. The maximum absolute atomic E-state index is 11.7. The van der Waals surface area contributed by atoms with Gasteiger partial charge in [0.2, 0.25) is 0 Å². The number of likely N-dealkylation sites (N-methyl/N-ethyl adjacent to an activating group) is 1. The van der Waals surface area contributed by atoms with Crippen molar-refractivity contribution in [2.24, 2.45) is 0 Å². The van der Waals surface area contributed by atoms with Gasteiger partial charge in [-0.15, -0.1) is 0 Å². The van der Waals surface area contributed by atoms with E-state index in [1.54, 1.807) is 12.1 Å². The Hall–Kier alpha value is -2.19. The van der Waals surface area contributed by atoms with E-state index >= 15 is 0 Å². The minimum absolute atomic E-state index is 0.0627. The first-order chi connectivity index (χ1) is 11.8. The highest BCUT2D eigenvalue weighted by atomic mass is 16.6. The summed E-state index contributed by atoms with van der Waals surface area (Å²) >= 11 is 0. The Labute approximate surface area is 147 Å². The van der Waals surface area contributed by atoms with Gasteiger partial charge in [0.1, 0.15) is 5.69 Å². The quantitative estimate of drug-likeness (QED) is 0.618. The second-order valence-electron chi connectivity index (χ2n) is 6.48. The van der Waals surface area contributed by atoms with E-state index in [1.807, 2.05) is 11.9 Å². The molecular formula is C17H26N4O4. The molecule has 0 bridgehead atoms. The van der Waals surface area contributed by atoms with E-state index in [1.165, 1.54) is 13.1 Å². The van der Waals surface area contributed by atoms with E-state index in [2.05, 4.69) is 24.1 Å². The highest BCUT2D eigenvalue weighted by Gasteiger charge is 2.24. The Bertz CT molecular complexity index is 627. The summed E-state index contributed by atoms with van der Waals surface area (Å²) in [5.74, 6) is -0.339. The molecule has 8 nitrogen and oxygen atoms in total. The van der Waals surface area contributed by atoms with Gasteiger partial charge in [0, 0.05) is 51.9 Å². The van der Waals surface area contributed by atoms with Crippen molar-refractivity contribution in [2.45, 2.75) is 26.1 Å². The molecule has 1 amide bonds. The van der Waals surface area contributed by atoms with E-state index < -0.39 is 4.92 Å². The van der Waals surface area contributed by atoms with Crippen LogP contribution in [0.15, 0.2) is 18.2 Å². The number of nitrogens with one attached hydrogen (secondary N) is 1. The zero-order chi connectivity index (χ0) is 18.6. The molecule has 1 aliphatic rings. The number of amides is 1. The van der Waals surface area contributed by atoms with Crippen molar-refractivity contribution in [1.29, 1.82) is 0 Å². The highest BCUT2D eigenvalue weighted by Crippen LogP contribution is 2.28. The van der Waals surface area contributed by atoms with Gasteiger partial charge in [0.25, 0.3) is 11.6 Å². The van der Waals surface area contributed by atoms with Crippen molar-refractivity contribution < 1.29 is 14.5 Å². The summed E-state index contributed by atoms with van der Waals surface area (Å²) in [7, 11) is 3.33. The van der Waals surface area contributed by atoms with Gasteiger partial charge >= 0.3 is 0 Å². The molecule has 1 N–H and O–H groups in total. The molecule has 1 aromatic carbocycles. The van der Waals surface area contributed by atoms with Crippen LogP contribution in [-0.2, 0) is 4.74 Å². The Morgan fingerprint density at radius 1 is 1.40 bits per heavy atom. The molecule has 138 valence electrons. The van der Waals surface area contributed by atoms with Gasteiger partial charge in [0.15, 0.2) is 0 Å². The molecule has 0 unspecified atom stereocenters. The van der Waals surface area contributed by atoms with Crippen molar-refractivity contribution in [3.05, 3.63) is 33.9 Å². The minimum atomic E-state index is -0.447. The van der Waals surface area contributed by atoms with Crippen LogP contribution in [0.4, 0.5) is 11.4 Å². The van der Waals surface area contributed by atoms with E-state index in [4.69, 9.17) is 4.74 Å². The minimum Gasteiger partial charge on any atom is -0.373 e. The largest absolute Gasteiger partial charge is 0.373 e. The number of morpholine rings is 1. The fraction of sp³-hybridized carbons (Fsp3) is 0.588. The number of nitro benzene ring substituents is 1. The third kappa shape index (κ3) is 4.90. The second kappa shape index (κ2) is 8.26. The number of rotatable bonds is 6. The predicted molar refractivity (Wildman–Crippen MR) is 96.2 cm³/mol. The van der Waals surface area contributed by atoms with Crippen LogP contribution in [0.5, 0.6) is 0 Å². The number of nitro groups is 1. The number of hydrogen-bond donors (Lipinski definition) is 1. The van der Waals surface area contributed by atoms with Gasteiger partial charge in [-0.1, -0.05) is 0 Å². The normalized spacial score (nSPS) is 21.0. The first-order valence-corrected chi connectivity index (χ1v) is 8.41. The third-order valence-corrected chi connectivity index (χ3v) is 4.32. The fourth-order valence-electron chi connectivity index (χ4n) is 3.16. The molecule has 1 heterocycles. The van der Waals surface area contributed by atoms with E-state index in [0.717, 1.165) is 19.6 Å². The summed E-state index contributed by atoms with van der Waals surface area (Å²) in [4.78, 5) is 26.8. The Kier molecular flexibility index (Phi) is 6.33. The van der Waals surface area contributed by atoms with Crippen LogP contribution in [0.2, 0.25) is 0 Å². The summed E-state index contributed by atoms with van der Waals surface area (Å²) in [6.07, 6.45) is 0.380. The standard InChI is InChI=1S/C17H26N4O4/c1-12-10-20(11-13(2)25-12)8-7-19(4)15-6-5-14(17(22)18-3)9-16(15)21(23)24/h5-6,9,12-13H,7-8,10-11H2,1-4H3,(H,18,22)/t12-,13+. The molecule has 1 saturated heterocycles. The lowest BCUT2D eigenvalue weighted by atomic mass is 10.1. The number of nitrogens with zero attached hydrogens (tertiary/aromatic N) is 3. The molecule has 0 radical (unpaired) electrons. The van der Waals surface area contributed by atoms with Crippen LogP contribution < -0.4 is 10.2 Å². The summed E-state index contributed by atoms with van der Waals surface area (Å²) < 4.78 is 5.72. The Morgan fingerprint density at radius 3 is 2.60 bits per heavy atom. The smallest absolute Gasteiger partial charge is 0.293 e. The number of carbonyl (C=O) groups is 1. The molecule has 2 atom stereocenters. The van der Waals surface area contributed by atoms with Crippen molar-refractivity contribution in [2.75, 3.05) is 45.2 Å². The average Bonchev–Trinajstić information content (AvgIpc) is 2.57. The molecule has 8 heteroatoms. The molecule has 1 fully saturated rings. The molecule has 1 aromatic rings. The van der Waals surface area contributed by atoms with E-state index in [9.17, 15) is 14.9 Å². The first kappa shape index (κ1) is 19.1. The van der Waals surface area contributed by atoms with Crippen LogP contribution in [-0.4, -0.2) is 68.2 Å². The SMILES string of the molecule is CNC(=O)c1ccc(N(C)CCN2C[C@@H](C)O[C@@H](C)C2)c([N+](=O)[O-])c1. The lowest BCUT2D eigenvalue weighted by Crippen LogP contribution is -2.47. The van der Waals surface area contributed by atoms with Gasteiger partial charge in [-0.3, -0.25) is 19.8 Å². The van der Waals surface area contributed by atoms with Crippen molar-refractivity contribution >= 4 is 17.3 Å². The molecular weight excluding hydrogens is 324 g/mol. The summed E-state index contributed by atoms with van der Waals surface area (Å²) in [5, 5.41) is 13.9. The second-order valence-corrected chi connectivity index (χ2v) is 6.48. The highest BCUT2D eigenvalue weighted by molar-refractivity contribution is 5.95. The molecule has 0 spiro atoms. The number of benzene rings is 1. The van der Waals surface area contributed by atoms with Crippen LogP contribution in [0.3, 0.4) is 0 Å². The van der Waals surface area contributed by atoms with Gasteiger partial charge in [0.05, 0.1) is 17.1 Å². The maximum Gasteiger partial charge on any atom is 0.293 e. The summed E-state index contributed by atoms with van der Waals surface area (Å²) in [6.45, 7) is 7.26. The van der Waals surface area contributed by atoms with Gasteiger partial charge < -0.3 is 15.0 Å². The van der Waals surface area contributed by atoms with Crippen molar-refractivity contribution in [3.63, 3.8) is 0 Å². The number of anilines is 1. The predicted octanol–water partition coefficient (Wildman–Crippen LogP) is 1.50. The molecule has 2 rings (SSSR count). The molecule has 25 heavy (non-hydrogen) atoms. The van der Waals surface area contributed by atoms with Gasteiger partial charge in [-0.2, -0.15) is 0 Å². The van der Waals surface area contributed by atoms with Crippen LogP contribution in [0.25, 0.3) is 0 Å². The fourth-order valence-corrected chi connectivity index (χ4v) is 3.16. The van der Waals surface area contributed by atoms with E-state index in [0.29, 0.717) is 12.2 Å². The molecule has 0 aromatic heterocycles. The lowest BCUT2D eigenvalue weighted by Gasteiger charge is -2.36. The monoisotopic (exact) mass is 350 g/mol. The molecule has 0 aliphatic carbocycles. The third-order valence-electron chi connectivity index (χ3n) is 4.32. The van der Waals surface area contributed by atoms with Crippen LogP contribution >= 0.6 is 0 Å². The zero-order valence-corrected chi connectivity index (χ0v) is 15.2. The average molecular weight is 350 g/mol. The summed E-state index contributed by atoms with van der Waals surface area (Å²) in [6, 6.07) is 4.56. The van der Waals surface area contributed by atoms with Gasteiger partial charge in [-0.25, -0.2) is 0 Å². The zero-order valence-electron chi connectivity index (χ0n) is 15.2. The lowest BCUT2D eigenvalue weighted by molar-refractivity contribution is -0.384. The van der Waals surface area contributed by atoms with Crippen LogP contribution in [0.1, 0.15) is 24.2 Å². The maximum atomic E-state index is 11.7. The number of carbonyl (C=O) groups excluding carboxylic acids is 1. The summed E-state index contributed by atoms with van der Waals surface area (Å²) in [5.41, 5.74) is 0.724. The van der Waals surface area contributed by atoms with E-state index in [-0.39, 0.29) is 29.4 Å². The van der Waals surface area contributed by atoms with Gasteiger partial charge in [-0.05, 0) is 26.0 Å². The first-order valence-electron chi connectivity index (χ1n) is 8.41. The van der Waals surface area contributed by atoms with Crippen molar-refractivity contribution in [3.8, 4) is 0 Å².